The van der Waals surface area contributed by atoms with Gasteiger partial charge in [0.1, 0.15) is 6.04 Å². The van der Waals surface area contributed by atoms with Crippen molar-refractivity contribution in [3.8, 4) is 0 Å². The van der Waals surface area contributed by atoms with E-state index in [1.54, 1.807) is 24.5 Å². The topological polar surface area (TPSA) is 95.5 Å². The Kier molecular flexibility index (Phi) is 6.80. The number of hydrogen-bond acceptors (Lipinski definition) is 5. The maximum atomic E-state index is 12.0. The van der Waals surface area contributed by atoms with Crippen LogP contribution in [0, 0.1) is 0 Å². The summed E-state index contributed by atoms with van der Waals surface area (Å²) in [6, 6.07) is 2.93. The summed E-state index contributed by atoms with van der Waals surface area (Å²) in [6.07, 6.45) is 7.11. The van der Waals surface area contributed by atoms with Crippen molar-refractivity contribution in [1.29, 1.82) is 0 Å². The number of amides is 2. The van der Waals surface area contributed by atoms with Gasteiger partial charge in [0.15, 0.2) is 5.11 Å². The van der Waals surface area contributed by atoms with Crippen LogP contribution in [-0.4, -0.2) is 33.7 Å². The first-order chi connectivity index (χ1) is 11.6. The summed E-state index contributed by atoms with van der Waals surface area (Å²) >= 11 is 4.93. The number of pyridine rings is 1. The highest BCUT2D eigenvalue weighted by atomic mass is 32.1. The SMILES string of the molecule is CCCC/C(CCC1NC(=S)NC1=O)=N/NC(=O)c1ccncc1. The summed E-state index contributed by atoms with van der Waals surface area (Å²) in [4.78, 5) is 27.6. The molecule has 1 saturated heterocycles. The van der Waals surface area contributed by atoms with Crippen molar-refractivity contribution in [3.63, 3.8) is 0 Å². The van der Waals surface area contributed by atoms with Crippen LogP contribution in [0.1, 0.15) is 49.4 Å². The average Bonchev–Trinajstić information content (AvgIpc) is 2.92. The van der Waals surface area contributed by atoms with Gasteiger partial charge in [0, 0.05) is 23.7 Å². The zero-order valence-electron chi connectivity index (χ0n) is 13.5. The Bertz CT molecular complexity index is 633. The summed E-state index contributed by atoms with van der Waals surface area (Å²) in [5.74, 6) is -0.389. The van der Waals surface area contributed by atoms with Gasteiger partial charge >= 0.3 is 0 Å². The second-order valence-corrected chi connectivity index (χ2v) is 5.92. The van der Waals surface area contributed by atoms with E-state index < -0.39 is 0 Å². The van der Waals surface area contributed by atoms with Crippen molar-refractivity contribution in [2.24, 2.45) is 5.10 Å². The molecule has 0 bridgehead atoms. The molecule has 128 valence electrons. The van der Waals surface area contributed by atoms with Gasteiger partial charge in [0.2, 0.25) is 5.91 Å². The van der Waals surface area contributed by atoms with E-state index in [-0.39, 0.29) is 17.9 Å². The summed E-state index contributed by atoms with van der Waals surface area (Å²) in [5, 5.41) is 10.1. The third kappa shape index (κ3) is 5.38. The van der Waals surface area contributed by atoms with Gasteiger partial charge in [-0.15, -0.1) is 0 Å². The first-order valence-electron chi connectivity index (χ1n) is 7.97. The quantitative estimate of drug-likeness (QED) is 0.376. The molecule has 0 saturated carbocycles. The molecule has 1 aromatic heterocycles. The zero-order valence-corrected chi connectivity index (χ0v) is 14.4. The summed E-state index contributed by atoms with van der Waals surface area (Å²) in [6.45, 7) is 2.09. The van der Waals surface area contributed by atoms with Crippen molar-refractivity contribution >= 4 is 34.9 Å². The number of nitrogens with one attached hydrogen (secondary N) is 3. The molecule has 2 rings (SSSR count). The number of aromatic nitrogens is 1. The first kappa shape index (κ1) is 18.0. The predicted molar refractivity (Wildman–Crippen MR) is 95.6 cm³/mol. The molecular formula is C16H21N5O2S. The minimum Gasteiger partial charge on any atom is -0.351 e. The minimum absolute atomic E-state index is 0.115. The minimum atomic E-state index is -0.333. The Morgan fingerprint density at radius 1 is 1.38 bits per heavy atom. The van der Waals surface area contributed by atoms with E-state index >= 15 is 0 Å². The van der Waals surface area contributed by atoms with E-state index in [9.17, 15) is 9.59 Å². The monoisotopic (exact) mass is 347 g/mol. The van der Waals surface area contributed by atoms with Crippen molar-refractivity contribution < 1.29 is 9.59 Å². The number of carbonyl (C=O) groups excluding carboxylic acids is 2. The van der Waals surface area contributed by atoms with Crippen LogP contribution in [0.5, 0.6) is 0 Å². The normalized spacial score (nSPS) is 17.4. The Morgan fingerprint density at radius 2 is 2.12 bits per heavy atom. The molecule has 1 aromatic rings. The number of carbonyl (C=O) groups is 2. The molecule has 0 spiro atoms. The van der Waals surface area contributed by atoms with Crippen LogP contribution in [-0.2, 0) is 4.79 Å². The summed E-state index contributed by atoms with van der Waals surface area (Å²) in [5.41, 5.74) is 3.95. The van der Waals surface area contributed by atoms with Gasteiger partial charge in [0.25, 0.3) is 5.91 Å². The molecule has 1 aliphatic rings. The summed E-state index contributed by atoms with van der Waals surface area (Å²) in [7, 11) is 0. The molecule has 0 radical (unpaired) electrons. The van der Waals surface area contributed by atoms with Gasteiger partial charge in [-0.05, 0) is 50.0 Å². The largest absolute Gasteiger partial charge is 0.351 e. The summed E-state index contributed by atoms with van der Waals surface area (Å²) < 4.78 is 0. The van der Waals surface area contributed by atoms with Crippen molar-refractivity contribution in [3.05, 3.63) is 30.1 Å². The van der Waals surface area contributed by atoms with Crippen molar-refractivity contribution in [2.75, 3.05) is 0 Å². The van der Waals surface area contributed by atoms with Gasteiger partial charge in [-0.1, -0.05) is 13.3 Å². The Morgan fingerprint density at radius 3 is 2.75 bits per heavy atom. The second kappa shape index (κ2) is 9.07. The molecule has 8 heteroatoms. The van der Waals surface area contributed by atoms with Gasteiger partial charge in [-0.25, -0.2) is 5.43 Å². The number of hydrogen-bond donors (Lipinski definition) is 3. The van der Waals surface area contributed by atoms with Gasteiger partial charge < -0.3 is 10.6 Å². The van der Waals surface area contributed by atoms with E-state index in [1.165, 1.54) is 0 Å². The van der Waals surface area contributed by atoms with Crippen LogP contribution >= 0.6 is 12.2 Å². The zero-order chi connectivity index (χ0) is 17.4. The predicted octanol–water partition coefficient (Wildman–Crippen LogP) is 1.51. The van der Waals surface area contributed by atoms with Crippen LogP contribution in [0.3, 0.4) is 0 Å². The number of hydrazone groups is 1. The van der Waals surface area contributed by atoms with Gasteiger partial charge in [0.05, 0.1) is 0 Å². The lowest BCUT2D eigenvalue weighted by Crippen LogP contribution is -2.29. The molecular weight excluding hydrogens is 326 g/mol. The average molecular weight is 347 g/mol. The van der Waals surface area contributed by atoms with Gasteiger partial charge in [-0.3, -0.25) is 14.6 Å². The van der Waals surface area contributed by atoms with E-state index in [1.807, 2.05) is 0 Å². The number of unbranched alkanes of at least 4 members (excludes halogenated alkanes) is 1. The van der Waals surface area contributed by atoms with Crippen LogP contribution in [0.4, 0.5) is 0 Å². The fraction of sp³-hybridized carbons (Fsp3) is 0.438. The first-order valence-corrected chi connectivity index (χ1v) is 8.38. The lowest BCUT2D eigenvalue weighted by atomic mass is 10.0. The molecule has 1 atom stereocenters. The van der Waals surface area contributed by atoms with Crippen LogP contribution in [0.15, 0.2) is 29.6 Å². The Balaban J connectivity index is 1.92. The highest BCUT2D eigenvalue weighted by molar-refractivity contribution is 7.80. The fourth-order valence-electron chi connectivity index (χ4n) is 2.29. The van der Waals surface area contributed by atoms with E-state index in [2.05, 4.69) is 33.1 Å². The molecule has 3 N–H and O–H groups in total. The molecule has 24 heavy (non-hydrogen) atoms. The second-order valence-electron chi connectivity index (χ2n) is 5.51. The number of nitrogens with zero attached hydrogens (tertiary/aromatic N) is 2. The molecule has 2 amide bonds. The molecule has 1 aliphatic heterocycles. The van der Waals surface area contributed by atoms with Gasteiger partial charge in [-0.2, -0.15) is 5.10 Å². The van der Waals surface area contributed by atoms with Crippen LogP contribution < -0.4 is 16.1 Å². The number of rotatable bonds is 8. The van der Waals surface area contributed by atoms with E-state index in [4.69, 9.17) is 12.2 Å². The van der Waals surface area contributed by atoms with Crippen molar-refractivity contribution in [2.45, 2.75) is 45.1 Å². The maximum absolute atomic E-state index is 12.0. The highest BCUT2D eigenvalue weighted by Crippen LogP contribution is 2.08. The lowest BCUT2D eigenvalue weighted by Gasteiger charge is -2.10. The standard InChI is InChI=1S/C16H21N5O2S/c1-2-3-4-12(5-6-13-15(23)19-16(24)18-13)20-21-14(22)11-7-9-17-10-8-11/h7-10,13H,2-6H2,1H3,(H,21,22)(H2,18,19,23,24)/b20-12-. The van der Waals surface area contributed by atoms with E-state index in [0.717, 1.165) is 25.0 Å². The smallest absolute Gasteiger partial charge is 0.271 e. The maximum Gasteiger partial charge on any atom is 0.271 e. The van der Waals surface area contributed by atoms with Crippen LogP contribution in [0.25, 0.3) is 0 Å². The molecule has 1 unspecified atom stereocenters. The molecule has 0 aliphatic carbocycles. The fourth-order valence-corrected chi connectivity index (χ4v) is 2.53. The lowest BCUT2D eigenvalue weighted by molar-refractivity contribution is -0.120. The van der Waals surface area contributed by atoms with Crippen LogP contribution in [0.2, 0.25) is 0 Å². The van der Waals surface area contributed by atoms with E-state index in [0.29, 0.717) is 23.5 Å². The molecule has 7 nitrogen and oxygen atoms in total. The van der Waals surface area contributed by atoms with Crippen molar-refractivity contribution in [1.82, 2.24) is 21.0 Å². The third-order valence-electron chi connectivity index (χ3n) is 3.66. The molecule has 1 fully saturated rings. The Labute approximate surface area is 146 Å². The molecule has 0 aromatic carbocycles. The highest BCUT2D eigenvalue weighted by Gasteiger charge is 2.26. The number of thiocarbonyl (C=S) groups is 1. The Hall–Kier alpha value is -2.35. The molecule has 2 heterocycles. The third-order valence-corrected chi connectivity index (χ3v) is 3.88.